The molecule has 2 aromatic rings. The highest BCUT2D eigenvalue weighted by Gasteiger charge is 2.42. The van der Waals surface area contributed by atoms with Gasteiger partial charge < -0.3 is 24.0 Å². The molecule has 2 saturated heterocycles. The van der Waals surface area contributed by atoms with Crippen LogP contribution in [0.2, 0.25) is 0 Å². The molecule has 0 N–H and O–H groups in total. The predicted molar refractivity (Wildman–Crippen MR) is 127 cm³/mol. The number of piperidine rings is 1. The largest absolute Gasteiger partial charge is 0.439 e. The number of aromatic nitrogens is 1. The molecule has 0 spiro atoms. The third kappa shape index (κ3) is 5.56. The number of benzene rings is 1. The van der Waals surface area contributed by atoms with Gasteiger partial charge in [-0.1, -0.05) is 30.7 Å². The number of morpholine rings is 1. The van der Waals surface area contributed by atoms with E-state index in [1.165, 1.54) is 7.11 Å². The Morgan fingerprint density at radius 1 is 1.09 bits per heavy atom. The molecule has 1 aromatic carbocycles. The minimum Gasteiger partial charge on any atom is -0.439 e. The van der Waals surface area contributed by atoms with Crippen LogP contribution in [0.15, 0.2) is 42.5 Å². The number of rotatable bonds is 6. The summed E-state index contributed by atoms with van der Waals surface area (Å²) in [5.74, 6) is 1.31. The van der Waals surface area contributed by atoms with E-state index in [0.29, 0.717) is 51.5 Å². The van der Waals surface area contributed by atoms with E-state index in [4.69, 9.17) is 14.2 Å². The first kappa shape index (κ1) is 24.2. The molecule has 0 unspecified atom stereocenters. The van der Waals surface area contributed by atoms with Gasteiger partial charge in [-0.15, -0.1) is 0 Å². The summed E-state index contributed by atoms with van der Waals surface area (Å²) in [6.45, 7) is 6.70. The van der Waals surface area contributed by atoms with Crippen LogP contribution in [-0.2, 0) is 19.1 Å². The lowest BCUT2D eigenvalue weighted by atomic mass is 9.78. The van der Waals surface area contributed by atoms with Crippen LogP contribution in [0.3, 0.4) is 0 Å². The molecule has 4 rings (SSSR count). The highest BCUT2D eigenvalue weighted by molar-refractivity contribution is 5.83. The molecule has 34 heavy (non-hydrogen) atoms. The molecule has 0 radical (unpaired) electrons. The van der Waals surface area contributed by atoms with Crippen molar-refractivity contribution < 1.29 is 23.8 Å². The minimum atomic E-state index is -0.491. The number of carbonyl (C=O) groups excluding carboxylic acids is 2. The van der Waals surface area contributed by atoms with Crippen LogP contribution in [0.1, 0.15) is 37.1 Å². The van der Waals surface area contributed by atoms with Crippen molar-refractivity contribution in [3.8, 4) is 11.6 Å². The van der Waals surface area contributed by atoms with Crippen molar-refractivity contribution in [2.75, 3.05) is 46.5 Å². The molecule has 2 amide bonds. The van der Waals surface area contributed by atoms with E-state index < -0.39 is 5.41 Å². The third-order valence-electron chi connectivity index (χ3n) is 6.68. The summed E-state index contributed by atoms with van der Waals surface area (Å²) in [4.78, 5) is 33.9. The Kier molecular flexibility index (Phi) is 7.48. The topological polar surface area (TPSA) is 81.2 Å². The third-order valence-corrected chi connectivity index (χ3v) is 6.68. The molecule has 8 nitrogen and oxygen atoms in total. The Morgan fingerprint density at radius 3 is 2.53 bits per heavy atom. The molecular weight excluding hydrogens is 434 g/mol. The van der Waals surface area contributed by atoms with Crippen LogP contribution in [0.5, 0.6) is 11.6 Å². The number of hydrogen-bond donors (Lipinski definition) is 0. The average molecular weight is 468 g/mol. The van der Waals surface area contributed by atoms with Gasteiger partial charge in [-0.25, -0.2) is 4.98 Å². The normalized spacial score (nSPS) is 20.1. The summed E-state index contributed by atoms with van der Waals surface area (Å²) in [5.41, 5.74) is 1.41. The smallest absolute Gasteiger partial charge is 0.248 e. The van der Waals surface area contributed by atoms with Crippen molar-refractivity contribution in [3.63, 3.8) is 0 Å². The molecule has 2 aliphatic rings. The second-order valence-corrected chi connectivity index (χ2v) is 9.30. The van der Waals surface area contributed by atoms with Crippen molar-refractivity contribution in [1.29, 1.82) is 0 Å². The van der Waals surface area contributed by atoms with E-state index in [1.807, 2.05) is 61.2 Å². The van der Waals surface area contributed by atoms with E-state index >= 15 is 0 Å². The Bertz CT molecular complexity index is 1000. The first-order valence-electron chi connectivity index (χ1n) is 11.8. The van der Waals surface area contributed by atoms with Gasteiger partial charge in [-0.3, -0.25) is 9.59 Å². The highest BCUT2D eigenvalue weighted by Crippen LogP contribution is 2.35. The van der Waals surface area contributed by atoms with E-state index in [-0.39, 0.29) is 24.5 Å². The summed E-state index contributed by atoms with van der Waals surface area (Å²) in [5, 5.41) is 0. The van der Waals surface area contributed by atoms with Crippen molar-refractivity contribution in [2.24, 2.45) is 5.41 Å². The number of methoxy groups -OCH3 is 1. The monoisotopic (exact) mass is 467 g/mol. The van der Waals surface area contributed by atoms with Crippen molar-refractivity contribution in [2.45, 2.75) is 32.8 Å². The summed E-state index contributed by atoms with van der Waals surface area (Å²) >= 11 is 0. The van der Waals surface area contributed by atoms with E-state index in [1.54, 1.807) is 4.90 Å². The molecule has 182 valence electrons. The maximum Gasteiger partial charge on any atom is 0.248 e. The van der Waals surface area contributed by atoms with E-state index in [9.17, 15) is 9.59 Å². The minimum absolute atomic E-state index is 0.0257. The van der Waals surface area contributed by atoms with Gasteiger partial charge in [0, 0.05) is 38.2 Å². The molecule has 2 aliphatic heterocycles. The average Bonchev–Trinajstić information content (AvgIpc) is 2.86. The van der Waals surface area contributed by atoms with Gasteiger partial charge in [-0.2, -0.15) is 0 Å². The van der Waals surface area contributed by atoms with Gasteiger partial charge >= 0.3 is 0 Å². The zero-order chi connectivity index (χ0) is 24.1. The fraction of sp³-hybridized carbons (Fsp3) is 0.500. The van der Waals surface area contributed by atoms with Crippen molar-refractivity contribution in [3.05, 3.63) is 53.7 Å². The number of carbonyl (C=O) groups is 2. The summed E-state index contributed by atoms with van der Waals surface area (Å²) in [6, 6.07) is 13.4. The van der Waals surface area contributed by atoms with Crippen LogP contribution in [0.25, 0.3) is 0 Å². The number of hydrogen-bond acceptors (Lipinski definition) is 6. The van der Waals surface area contributed by atoms with Crippen LogP contribution in [0, 0.1) is 12.3 Å². The number of ether oxygens (including phenoxy) is 3. The molecule has 2 fully saturated rings. The van der Waals surface area contributed by atoms with Crippen molar-refractivity contribution >= 4 is 11.8 Å². The summed E-state index contributed by atoms with van der Waals surface area (Å²) < 4.78 is 16.8. The fourth-order valence-corrected chi connectivity index (χ4v) is 4.47. The van der Waals surface area contributed by atoms with Gasteiger partial charge in [0.25, 0.3) is 0 Å². The van der Waals surface area contributed by atoms with Crippen LogP contribution >= 0.6 is 0 Å². The van der Waals surface area contributed by atoms with Crippen molar-refractivity contribution in [1.82, 2.24) is 14.8 Å². The molecule has 3 heterocycles. The summed E-state index contributed by atoms with van der Waals surface area (Å²) in [7, 11) is 1.52. The van der Waals surface area contributed by atoms with Gasteiger partial charge in [0.2, 0.25) is 17.7 Å². The van der Waals surface area contributed by atoms with Gasteiger partial charge in [0.1, 0.15) is 18.5 Å². The number of likely N-dealkylation sites (tertiary alicyclic amines) is 1. The predicted octanol–water partition coefficient (Wildman–Crippen LogP) is 3.36. The fourth-order valence-electron chi connectivity index (χ4n) is 4.47. The molecule has 0 aliphatic carbocycles. The van der Waals surface area contributed by atoms with E-state index in [0.717, 1.165) is 17.0 Å². The zero-order valence-electron chi connectivity index (χ0n) is 20.2. The van der Waals surface area contributed by atoms with Crippen LogP contribution in [0.4, 0.5) is 0 Å². The zero-order valence-corrected chi connectivity index (χ0v) is 20.2. The lowest BCUT2D eigenvalue weighted by Crippen LogP contribution is -2.53. The summed E-state index contributed by atoms with van der Waals surface area (Å²) in [6.07, 6.45) is 0.967. The first-order valence-corrected chi connectivity index (χ1v) is 11.8. The Hall–Kier alpha value is -2.97. The lowest BCUT2D eigenvalue weighted by molar-refractivity contribution is -0.154. The molecule has 1 aromatic heterocycles. The Morgan fingerprint density at radius 2 is 1.82 bits per heavy atom. The lowest BCUT2D eigenvalue weighted by Gasteiger charge is -2.43. The SMILES string of the molecule is COCC(=O)N1CCC(C)(C(=O)N2CCO[C@H](c3cccc(Oc4ccc(C)cc4)n3)C2)CC1. The second-order valence-electron chi connectivity index (χ2n) is 9.30. The van der Waals surface area contributed by atoms with Gasteiger partial charge in [0.05, 0.1) is 18.8 Å². The van der Waals surface area contributed by atoms with Gasteiger partial charge in [0.15, 0.2) is 0 Å². The highest BCUT2D eigenvalue weighted by atomic mass is 16.5. The number of pyridine rings is 1. The number of aryl methyl sites for hydroxylation is 1. The Labute approximate surface area is 200 Å². The molecular formula is C26H33N3O5. The maximum absolute atomic E-state index is 13.5. The van der Waals surface area contributed by atoms with Crippen LogP contribution in [-0.4, -0.2) is 73.1 Å². The number of nitrogens with zero attached hydrogens (tertiary/aromatic N) is 3. The molecule has 0 bridgehead atoms. The standard InChI is InChI=1S/C26H33N3O5/c1-19-7-9-20(10-8-19)34-23-6-4-5-21(27-23)22-17-29(15-16-33-22)25(31)26(2)11-13-28(14-12-26)24(30)18-32-3/h4-10,22H,11-18H2,1-3H3/t22-/m0/s1. The first-order chi connectivity index (χ1) is 16.4. The molecule has 0 saturated carbocycles. The van der Waals surface area contributed by atoms with Gasteiger partial charge in [-0.05, 0) is 38.0 Å². The van der Waals surface area contributed by atoms with Crippen LogP contribution < -0.4 is 4.74 Å². The van der Waals surface area contributed by atoms with E-state index in [2.05, 4.69) is 4.98 Å². The Balaban J connectivity index is 1.39. The maximum atomic E-state index is 13.5. The number of amides is 2. The molecule has 1 atom stereocenters. The molecule has 8 heteroatoms. The second kappa shape index (κ2) is 10.5. The quantitative estimate of drug-likeness (QED) is 0.648.